The van der Waals surface area contributed by atoms with E-state index in [-0.39, 0.29) is 11.1 Å². The molecule has 4 heteroatoms. The number of hydrogen-bond acceptors (Lipinski definition) is 1. The normalized spacial score (nSPS) is 19.7. The standard InChI is InChI=1S/C19H19F3O/c1-5-13-11(3)10(2)12(4)17-16(13)14-8-6-7-9-15(14)18(17,23)19(20,21)22/h6-9,23H,5H2,1-4H3/t18-/m0/s1. The van der Waals surface area contributed by atoms with Crippen molar-refractivity contribution in [3.63, 3.8) is 0 Å². The van der Waals surface area contributed by atoms with Crippen molar-refractivity contribution in [1.29, 1.82) is 0 Å². The van der Waals surface area contributed by atoms with Crippen molar-refractivity contribution in [1.82, 2.24) is 0 Å². The summed E-state index contributed by atoms with van der Waals surface area (Å²) >= 11 is 0. The molecule has 23 heavy (non-hydrogen) atoms. The molecule has 0 fully saturated rings. The zero-order valence-electron chi connectivity index (χ0n) is 13.6. The van der Waals surface area contributed by atoms with Gasteiger partial charge in [-0.2, -0.15) is 13.2 Å². The maximum atomic E-state index is 13.9. The van der Waals surface area contributed by atoms with Crippen LogP contribution >= 0.6 is 0 Å². The first-order valence-electron chi connectivity index (χ1n) is 7.68. The molecule has 1 aliphatic rings. The molecule has 3 rings (SSSR count). The molecule has 0 bridgehead atoms. The Morgan fingerprint density at radius 2 is 1.61 bits per heavy atom. The molecule has 1 atom stereocenters. The van der Waals surface area contributed by atoms with E-state index in [2.05, 4.69) is 0 Å². The van der Waals surface area contributed by atoms with E-state index < -0.39 is 11.8 Å². The van der Waals surface area contributed by atoms with Crippen LogP contribution in [0.3, 0.4) is 0 Å². The van der Waals surface area contributed by atoms with Crippen molar-refractivity contribution >= 4 is 0 Å². The number of aliphatic hydroxyl groups is 1. The molecule has 0 saturated carbocycles. The summed E-state index contributed by atoms with van der Waals surface area (Å²) in [5.74, 6) is 0. The van der Waals surface area contributed by atoms with Crippen LogP contribution in [0.1, 0.15) is 40.3 Å². The quantitative estimate of drug-likeness (QED) is 0.788. The van der Waals surface area contributed by atoms with Crippen LogP contribution in [-0.2, 0) is 12.0 Å². The molecule has 1 aliphatic carbocycles. The maximum absolute atomic E-state index is 13.9. The van der Waals surface area contributed by atoms with Crippen LogP contribution in [0.25, 0.3) is 11.1 Å². The van der Waals surface area contributed by atoms with Gasteiger partial charge in [0.15, 0.2) is 0 Å². The van der Waals surface area contributed by atoms with Gasteiger partial charge >= 0.3 is 6.18 Å². The zero-order chi connectivity index (χ0) is 17.2. The molecule has 1 nitrogen and oxygen atoms in total. The summed E-state index contributed by atoms with van der Waals surface area (Å²) in [6, 6.07) is 6.31. The largest absolute Gasteiger partial charge is 0.425 e. The van der Waals surface area contributed by atoms with Crippen LogP contribution in [-0.4, -0.2) is 11.3 Å². The van der Waals surface area contributed by atoms with Crippen LogP contribution in [0.15, 0.2) is 24.3 Å². The topological polar surface area (TPSA) is 20.2 Å². The highest BCUT2D eigenvalue weighted by Crippen LogP contribution is 2.57. The van der Waals surface area contributed by atoms with Gasteiger partial charge in [0.2, 0.25) is 5.60 Å². The second-order valence-corrected chi connectivity index (χ2v) is 6.21. The molecule has 0 spiro atoms. The lowest BCUT2D eigenvalue weighted by atomic mass is 9.82. The Balaban J connectivity index is 2.57. The molecule has 122 valence electrons. The van der Waals surface area contributed by atoms with Crippen molar-refractivity contribution in [2.45, 2.75) is 45.9 Å². The van der Waals surface area contributed by atoms with E-state index in [0.717, 1.165) is 16.7 Å². The molecule has 0 unspecified atom stereocenters. The summed E-state index contributed by atoms with van der Waals surface area (Å²) in [6.45, 7) is 7.37. The highest BCUT2D eigenvalue weighted by molar-refractivity contribution is 5.85. The van der Waals surface area contributed by atoms with Crippen molar-refractivity contribution < 1.29 is 18.3 Å². The Bertz CT molecular complexity index is 805. The molecule has 0 aliphatic heterocycles. The molecule has 0 saturated heterocycles. The van der Waals surface area contributed by atoms with Crippen molar-refractivity contribution in [2.24, 2.45) is 0 Å². The lowest BCUT2D eigenvalue weighted by Crippen LogP contribution is -2.42. The van der Waals surface area contributed by atoms with Crippen LogP contribution in [0.5, 0.6) is 0 Å². The van der Waals surface area contributed by atoms with E-state index in [9.17, 15) is 18.3 Å². The molecule has 2 aromatic carbocycles. The minimum absolute atomic E-state index is 0.00569. The van der Waals surface area contributed by atoms with Crippen LogP contribution in [0.4, 0.5) is 13.2 Å². The van der Waals surface area contributed by atoms with Gasteiger partial charge in [0.1, 0.15) is 0 Å². The van der Waals surface area contributed by atoms with Gasteiger partial charge in [0.05, 0.1) is 0 Å². The third-order valence-corrected chi connectivity index (χ3v) is 5.22. The third kappa shape index (κ3) is 1.84. The van der Waals surface area contributed by atoms with Crippen molar-refractivity contribution in [2.75, 3.05) is 0 Å². The summed E-state index contributed by atoms with van der Waals surface area (Å²) in [7, 11) is 0. The number of fused-ring (bicyclic) bond motifs is 3. The third-order valence-electron chi connectivity index (χ3n) is 5.22. The molecule has 0 radical (unpaired) electrons. The summed E-state index contributed by atoms with van der Waals surface area (Å²) in [5.41, 5.74) is 1.28. The second-order valence-electron chi connectivity index (χ2n) is 6.21. The predicted molar refractivity (Wildman–Crippen MR) is 84.5 cm³/mol. The van der Waals surface area contributed by atoms with Crippen LogP contribution in [0, 0.1) is 20.8 Å². The number of hydrogen-bond donors (Lipinski definition) is 1. The number of alkyl halides is 3. The molecular formula is C19H19F3O. The van der Waals surface area contributed by atoms with Crippen LogP contribution in [0.2, 0.25) is 0 Å². The molecule has 2 aromatic rings. The predicted octanol–water partition coefficient (Wildman–Crippen LogP) is 4.95. The monoisotopic (exact) mass is 320 g/mol. The Labute approximate surface area is 133 Å². The Hall–Kier alpha value is -1.81. The first kappa shape index (κ1) is 16.1. The fourth-order valence-corrected chi connectivity index (χ4v) is 3.86. The van der Waals surface area contributed by atoms with E-state index >= 15 is 0 Å². The number of rotatable bonds is 1. The van der Waals surface area contributed by atoms with E-state index in [0.29, 0.717) is 23.1 Å². The molecule has 1 N–H and O–H groups in total. The van der Waals surface area contributed by atoms with Gasteiger partial charge in [-0.05, 0) is 60.6 Å². The summed E-state index contributed by atoms with van der Waals surface area (Å²) in [5, 5.41) is 10.8. The van der Waals surface area contributed by atoms with Gasteiger partial charge in [-0.25, -0.2) is 0 Å². The van der Waals surface area contributed by atoms with E-state index in [4.69, 9.17) is 0 Å². The van der Waals surface area contributed by atoms with Gasteiger partial charge in [0, 0.05) is 11.1 Å². The average molecular weight is 320 g/mol. The molecule has 0 amide bonds. The SMILES string of the molecule is CCc1c(C)c(C)c(C)c2c1-c1ccccc1[C@@]2(O)C(F)(F)F. The minimum Gasteiger partial charge on any atom is -0.372 e. The van der Waals surface area contributed by atoms with E-state index in [1.54, 1.807) is 25.1 Å². The van der Waals surface area contributed by atoms with Crippen molar-refractivity contribution in [3.05, 3.63) is 57.6 Å². The Morgan fingerprint density at radius 1 is 1.00 bits per heavy atom. The fraction of sp³-hybridized carbons (Fsp3) is 0.368. The number of benzene rings is 2. The molecular weight excluding hydrogens is 301 g/mol. The smallest absolute Gasteiger partial charge is 0.372 e. The Morgan fingerprint density at radius 3 is 2.17 bits per heavy atom. The number of halogens is 3. The van der Waals surface area contributed by atoms with Gasteiger partial charge in [0.25, 0.3) is 0 Å². The second kappa shape index (κ2) is 4.84. The van der Waals surface area contributed by atoms with E-state index in [1.165, 1.54) is 6.07 Å². The lowest BCUT2D eigenvalue weighted by Gasteiger charge is -2.31. The Kier molecular flexibility index (Phi) is 3.38. The highest BCUT2D eigenvalue weighted by Gasteiger charge is 2.61. The maximum Gasteiger partial charge on any atom is 0.425 e. The van der Waals surface area contributed by atoms with Crippen molar-refractivity contribution in [3.8, 4) is 11.1 Å². The van der Waals surface area contributed by atoms with Gasteiger partial charge < -0.3 is 5.11 Å². The average Bonchev–Trinajstić information content (AvgIpc) is 2.77. The fourth-order valence-electron chi connectivity index (χ4n) is 3.86. The zero-order valence-corrected chi connectivity index (χ0v) is 13.6. The van der Waals surface area contributed by atoms with Gasteiger partial charge in [-0.15, -0.1) is 0 Å². The summed E-state index contributed by atoms with van der Waals surface area (Å²) in [4.78, 5) is 0. The van der Waals surface area contributed by atoms with Crippen LogP contribution < -0.4 is 0 Å². The highest BCUT2D eigenvalue weighted by atomic mass is 19.4. The molecule has 0 heterocycles. The molecule has 0 aromatic heterocycles. The first-order chi connectivity index (χ1) is 10.7. The summed E-state index contributed by atoms with van der Waals surface area (Å²) < 4.78 is 41.7. The lowest BCUT2D eigenvalue weighted by molar-refractivity contribution is -0.247. The van der Waals surface area contributed by atoms with Gasteiger partial charge in [-0.1, -0.05) is 31.2 Å². The first-order valence-corrected chi connectivity index (χ1v) is 7.68. The van der Waals surface area contributed by atoms with E-state index in [1.807, 2.05) is 20.8 Å². The van der Waals surface area contributed by atoms with Gasteiger partial charge in [-0.3, -0.25) is 0 Å². The minimum atomic E-state index is -4.77. The summed E-state index contributed by atoms with van der Waals surface area (Å²) in [6.07, 6.45) is -4.15.